The van der Waals surface area contributed by atoms with Gasteiger partial charge in [0.25, 0.3) is 0 Å². The Labute approximate surface area is 78.9 Å². The lowest BCUT2D eigenvalue weighted by molar-refractivity contribution is 0.318. The van der Waals surface area contributed by atoms with Crippen molar-refractivity contribution in [3.63, 3.8) is 0 Å². The molecule has 0 radical (unpaired) electrons. The monoisotopic (exact) mass is 196 g/mol. The first-order valence-corrected chi connectivity index (χ1v) is 3.69. The van der Waals surface area contributed by atoms with Crippen molar-refractivity contribution in [3.8, 4) is 0 Å². The summed E-state index contributed by atoms with van der Waals surface area (Å²) in [7, 11) is 0. The van der Waals surface area contributed by atoms with E-state index in [2.05, 4.69) is 15.2 Å². The zero-order chi connectivity index (χ0) is 9.68. The fourth-order valence-corrected chi connectivity index (χ4v) is 0.996. The van der Waals surface area contributed by atoms with Crippen molar-refractivity contribution >= 4 is 17.4 Å². The maximum Gasteiger partial charge on any atom is 0.173 e. The fourth-order valence-electron chi connectivity index (χ4n) is 0.805. The molecule has 0 aliphatic carbocycles. The molecule has 0 saturated carbocycles. The molecule has 1 aromatic rings. The lowest BCUT2D eigenvalue weighted by Gasteiger charge is -1.96. The van der Waals surface area contributed by atoms with Crippen LogP contribution >= 0.6 is 11.6 Å². The second-order valence-corrected chi connectivity index (χ2v) is 2.56. The standard InChI is InChI=1S/C7H5ClN4O/c8-6-3-1-2-5(4-6)7(11-13)10-12-9/h1-4,13H/b11-7+. The van der Waals surface area contributed by atoms with Gasteiger partial charge in [-0.3, -0.25) is 0 Å². The molecule has 1 aromatic carbocycles. The van der Waals surface area contributed by atoms with Crippen molar-refractivity contribution in [2.75, 3.05) is 0 Å². The summed E-state index contributed by atoms with van der Waals surface area (Å²) in [6.07, 6.45) is 0. The van der Waals surface area contributed by atoms with Crippen molar-refractivity contribution < 1.29 is 5.21 Å². The van der Waals surface area contributed by atoms with Crippen LogP contribution in [0.4, 0.5) is 0 Å². The maximum absolute atomic E-state index is 8.48. The zero-order valence-corrected chi connectivity index (χ0v) is 7.18. The van der Waals surface area contributed by atoms with Crippen LogP contribution in [-0.2, 0) is 0 Å². The Morgan fingerprint density at radius 1 is 1.54 bits per heavy atom. The first kappa shape index (κ1) is 9.38. The average Bonchev–Trinajstić information content (AvgIpc) is 2.14. The normalized spacial score (nSPS) is 10.7. The largest absolute Gasteiger partial charge is 0.410 e. The number of rotatable bonds is 1. The van der Waals surface area contributed by atoms with Crippen molar-refractivity contribution in [1.29, 1.82) is 0 Å². The summed E-state index contributed by atoms with van der Waals surface area (Å²) in [5.41, 5.74) is 8.60. The van der Waals surface area contributed by atoms with Crippen LogP contribution < -0.4 is 0 Å². The summed E-state index contributed by atoms with van der Waals surface area (Å²) in [5, 5.41) is 15.0. The molecule has 0 aliphatic heterocycles. The summed E-state index contributed by atoms with van der Waals surface area (Å²) in [6, 6.07) is 6.48. The summed E-state index contributed by atoms with van der Waals surface area (Å²) in [5.74, 6) is -0.106. The van der Waals surface area contributed by atoms with Crippen molar-refractivity contribution in [1.82, 2.24) is 0 Å². The lowest BCUT2D eigenvalue weighted by Crippen LogP contribution is -1.94. The summed E-state index contributed by atoms with van der Waals surface area (Å²) < 4.78 is 0. The number of hydrogen-bond acceptors (Lipinski definition) is 2. The number of hydrogen-bond donors (Lipinski definition) is 1. The second kappa shape index (κ2) is 4.35. The SMILES string of the molecule is [N-]=[N+]=N/C(=N/O)c1cccc(Cl)c1. The number of oxime groups is 1. The van der Waals surface area contributed by atoms with Crippen molar-refractivity contribution in [3.05, 3.63) is 45.3 Å². The lowest BCUT2D eigenvalue weighted by atomic mass is 10.2. The number of nitrogens with zero attached hydrogens (tertiary/aromatic N) is 4. The molecule has 0 aromatic heterocycles. The van der Waals surface area contributed by atoms with Crippen molar-refractivity contribution in [2.24, 2.45) is 10.3 Å². The number of benzene rings is 1. The zero-order valence-electron chi connectivity index (χ0n) is 6.42. The number of halogens is 1. The first-order chi connectivity index (χ1) is 6.27. The van der Waals surface area contributed by atoms with E-state index < -0.39 is 0 Å². The Morgan fingerprint density at radius 2 is 2.31 bits per heavy atom. The third kappa shape index (κ3) is 2.37. The molecule has 0 heterocycles. The quantitative estimate of drug-likeness (QED) is 0.140. The Hall–Kier alpha value is -1.71. The van der Waals surface area contributed by atoms with E-state index in [9.17, 15) is 0 Å². The smallest absolute Gasteiger partial charge is 0.173 e. The van der Waals surface area contributed by atoms with E-state index in [1.54, 1.807) is 18.2 Å². The van der Waals surface area contributed by atoms with Crippen LogP contribution in [0.15, 0.2) is 34.5 Å². The average molecular weight is 197 g/mol. The van der Waals surface area contributed by atoms with Crippen LogP contribution in [0.1, 0.15) is 5.56 Å². The van der Waals surface area contributed by atoms with E-state index in [4.69, 9.17) is 22.3 Å². The molecular weight excluding hydrogens is 192 g/mol. The van der Waals surface area contributed by atoms with Gasteiger partial charge in [-0.15, -0.1) is 0 Å². The molecular formula is C7H5ClN4O. The summed E-state index contributed by atoms with van der Waals surface area (Å²) in [6.45, 7) is 0. The molecule has 0 saturated heterocycles. The second-order valence-electron chi connectivity index (χ2n) is 2.12. The van der Waals surface area contributed by atoms with E-state index in [0.717, 1.165) is 0 Å². The van der Waals surface area contributed by atoms with Crippen LogP contribution in [-0.4, -0.2) is 11.0 Å². The highest BCUT2D eigenvalue weighted by Gasteiger charge is 2.01. The maximum atomic E-state index is 8.48. The van der Waals surface area contributed by atoms with E-state index in [1.165, 1.54) is 6.07 Å². The molecule has 13 heavy (non-hydrogen) atoms. The molecule has 0 fully saturated rings. The van der Waals surface area contributed by atoms with Gasteiger partial charge in [0.2, 0.25) is 0 Å². The van der Waals surface area contributed by atoms with Gasteiger partial charge in [-0.2, -0.15) is 0 Å². The van der Waals surface area contributed by atoms with Gasteiger partial charge >= 0.3 is 0 Å². The van der Waals surface area contributed by atoms with Gasteiger partial charge in [0, 0.05) is 15.5 Å². The minimum absolute atomic E-state index is 0.106. The minimum Gasteiger partial charge on any atom is -0.410 e. The molecule has 0 spiro atoms. The molecule has 6 heteroatoms. The van der Waals surface area contributed by atoms with Gasteiger partial charge in [0.05, 0.1) is 0 Å². The highest BCUT2D eigenvalue weighted by Crippen LogP contribution is 2.11. The van der Waals surface area contributed by atoms with Gasteiger partial charge in [0.1, 0.15) is 0 Å². The Balaban J connectivity index is 3.13. The summed E-state index contributed by atoms with van der Waals surface area (Å²) >= 11 is 5.67. The Kier molecular flexibility index (Phi) is 3.14. The third-order valence-electron chi connectivity index (χ3n) is 1.32. The van der Waals surface area contributed by atoms with Crippen molar-refractivity contribution in [2.45, 2.75) is 0 Å². The Bertz CT molecular complexity index is 384. The predicted molar refractivity (Wildman–Crippen MR) is 48.9 cm³/mol. The van der Waals surface area contributed by atoms with Gasteiger partial charge in [-0.25, -0.2) is 0 Å². The molecule has 0 bridgehead atoms. The predicted octanol–water partition coefficient (Wildman–Crippen LogP) is 2.79. The highest BCUT2D eigenvalue weighted by molar-refractivity contribution is 6.31. The van der Waals surface area contributed by atoms with E-state index >= 15 is 0 Å². The highest BCUT2D eigenvalue weighted by atomic mass is 35.5. The van der Waals surface area contributed by atoms with Crippen LogP contribution in [0, 0.1) is 0 Å². The van der Waals surface area contributed by atoms with Crippen LogP contribution in [0.2, 0.25) is 5.02 Å². The molecule has 0 unspecified atom stereocenters. The van der Waals surface area contributed by atoms with E-state index in [-0.39, 0.29) is 5.84 Å². The first-order valence-electron chi connectivity index (χ1n) is 3.31. The minimum atomic E-state index is -0.106. The molecule has 0 atom stereocenters. The molecule has 1 N–H and O–H groups in total. The molecule has 1 rings (SSSR count). The van der Waals surface area contributed by atoms with Gasteiger partial charge in [-0.05, 0) is 22.8 Å². The van der Waals surface area contributed by atoms with Gasteiger partial charge < -0.3 is 5.21 Å². The topological polar surface area (TPSA) is 81.4 Å². The van der Waals surface area contributed by atoms with Crippen LogP contribution in [0.3, 0.4) is 0 Å². The van der Waals surface area contributed by atoms with Gasteiger partial charge in [-0.1, -0.05) is 28.9 Å². The van der Waals surface area contributed by atoms with Crippen LogP contribution in [0.5, 0.6) is 0 Å². The fraction of sp³-hybridized carbons (Fsp3) is 0. The van der Waals surface area contributed by atoms with Gasteiger partial charge in [0.15, 0.2) is 5.84 Å². The van der Waals surface area contributed by atoms with E-state index in [0.29, 0.717) is 10.6 Å². The summed E-state index contributed by atoms with van der Waals surface area (Å²) in [4.78, 5) is 2.50. The number of amidine groups is 1. The number of azide groups is 1. The third-order valence-corrected chi connectivity index (χ3v) is 1.55. The van der Waals surface area contributed by atoms with Crippen LogP contribution in [0.25, 0.3) is 10.4 Å². The molecule has 5 nitrogen and oxygen atoms in total. The molecule has 0 amide bonds. The Morgan fingerprint density at radius 3 is 2.85 bits per heavy atom. The molecule has 66 valence electrons. The molecule has 0 aliphatic rings. The van der Waals surface area contributed by atoms with E-state index in [1.807, 2.05) is 0 Å².